The Morgan fingerprint density at radius 3 is 2.46 bits per heavy atom. The number of hydrogen-bond acceptors (Lipinski definition) is 5. The van der Waals surface area contributed by atoms with Crippen molar-refractivity contribution in [3.63, 3.8) is 0 Å². The lowest BCUT2D eigenvalue weighted by atomic mass is 9.88. The summed E-state index contributed by atoms with van der Waals surface area (Å²) in [4.78, 5) is 28.7. The fourth-order valence-electron chi connectivity index (χ4n) is 4.51. The molecule has 3 aliphatic heterocycles. The molecule has 1 saturated heterocycles. The van der Waals surface area contributed by atoms with Gasteiger partial charge in [-0.2, -0.15) is 0 Å². The normalized spacial score (nSPS) is 21.2. The molecular formula is C21H27N3O4. The van der Waals surface area contributed by atoms with Crippen molar-refractivity contribution in [3.8, 4) is 11.5 Å². The minimum absolute atomic E-state index is 0.0337. The highest BCUT2D eigenvalue weighted by atomic mass is 16.7. The number of nitrogens with zero attached hydrogens (tertiary/aromatic N) is 2. The number of benzene rings is 1. The Bertz CT molecular complexity index is 853. The second-order valence-electron chi connectivity index (χ2n) is 8.39. The number of allylic oxidation sites excluding steroid dienone is 1. The molecule has 2 amide bonds. The molecule has 0 aromatic heterocycles. The van der Waals surface area contributed by atoms with Gasteiger partial charge in [0.25, 0.3) is 0 Å². The predicted octanol–water partition coefficient (Wildman–Crippen LogP) is 2.14. The van der Waals surface area contributed by atoms with Crippen molar-refractivity contribution in [2.24, 2.45) is 11.7 Å². The predicted molar refractivity (Wildman–Crippen MR) is 106 cm³/mol. The highest BCUT2D eigenvalue weighted by Crippen LogP contribution is 2.46. The number of hydrogen-bond donors (Lipinski definition) is 1. The van der Waals surface area contributed by atoms with Gasteiger partial charge in [0.1, 0.15) is 0 Å². The van der Waals surface area contributed by atoms with Crippen molar-refractivity contribution in [2.45, 2.75) is 39.2 Å². The number of ether oxygens (including phenoxy) is 2. The smallest absolute Gasteiger partial charge is 0.241 e. The van der Waals surface area contributed by atoms with Crippen LogP contribution in [0.25, 0.3) is 5.57 Å². The number of primary amides is 1. The molecule has 150 valence electrons. The summed E-state index contributed by atoms with van der Waals surface area (Å²) in [6.45, 7) is 8.07. The van der Waals surface area contributed by atoms with E-state index in [1.165, 1.54) is 0 Å². The molecule has 1 aromatic rings. The molecule has 3 heterocycles. The van der Waals surface area contributed by atoms with E-state index < -0.39 is 5.54 Å². The molecule has 7 heteroatoms. The maximum absolute atomic E-state index is 13.4. The van der Waals surface area contributed by atoms with Crippen LogP contribution in [0.2, 0.25) is 0 Å². The summed E-state index contributed by atoms with van der Waals surface area (Å²) < 4.78 is 11.1. The van der Waals surface area contributed by atoms with Crippen molar-refractivity contribution in [3.05, 3.63) is 23.8 Å². The lowest BCUT2D eigenvalue weighted by Gasteiger charge is -2.43. The zero-order valence-electron chi connectivity index (χ0n) is 16.7. The third kappa shape index (κ3) is 3.24. The van der Waals surface area contributed by atoms with Crippen molar-refractivity contribution >= 4 is 23.1 Å². The molecule has 4 rings (SSSR count). The van der Waals surface area contributed by atoms with Gasteiger partial charge < -0.3 is 20.1 Å². The van der Waals surface area contributed by atoms with Crippen LogP contribution >= 0.6 is 0 Å². The molecule has 0 saturated carbocycles. The first-order valence-corrected chi connectivity index (χ1v) is 9.74. The average Bonchev–Trinajstić information content (AvgIpc) is 3.07. The van der Waals surface area contributed by atoms with Gasteiger partial charge in [0.2, 0.25) is 18.6 Å². The molecule has 0 spiro atoms. The molecule has 0 bridgehead atoms. The first-order valence-electron chi connectivity index (χ1n) is 9.74. The zero-order valence-corrected chi connectivity index (χ0v) is 16.7. The number of amides is 2. The Hall–Kier alpha value is -2.54. The largest absolute Gasteiger partial charge is 0.454 e. The van der Waals surface area contributed by atoms with Gasteiger partial charge in [-0.05, 0) is 58.3 Å². The molecule has 3 aliphatic rings. The monoisotopic (exact) mass is 385 g/mol. The van der Waals surface area contributed by atoms with Crippen LogP contribution in [-0.4, -0.2) is 48.7 Å². The van der Waals surface area contributed by atoms with Gasteiger partial charge in [0.05, 0.1) is 17.8 Å². The SMILES string of the molecule is CC1=CC(C)(C)N(C(=O)CN2CCC(C(N)=O)CC2)c2cc3c(cc21)OCO3. The van der Waals surface area contributed by atoms with E-state index >= 15 is 0 Å². The first-order chi connectivity index (χ1) is 13.3. The average molecular weight is 385 g/mol. The van der Waals surface area contributed by atoms with Gasteiger partial charge in [-0.1, -0.05) is 6.08 Å². The molecular weight excluding hydrogens is 358 g/mol. The number of piperidine rings is 1. The topological polar surface area (TPSA) is 85.1 Å². The highest BCUT2D eigenvalue weighted by molar-refractivity contribution is 6.02. The number of carbonyl (C=O) groups excluding carboxylic acids is 2. The van der Waals surface area contributed by atoms with E-state index in [4.69, 9.17) is 15.2 Å². The molecule has 2 N–H and O–H groups in total. The number of fused-ring (bicyclic) bond motifs is 2. The molecule has 0 aliphatic carbocycles. The molecule has 1 aromatic carbocycles. The summed E-state index contributed by atoms with van der Waals surface area (Å²) in [5, 5.41) is 0. The first kappa shape index (κ1) is 18.8. The lowest BCUT2D eigenvalue weighted by molar-refractivity contribution is -0.123. The summed E-state index contributed by atoms with van der Waals surface area (Å²) in [5.41, 5.74) is 7.92. The van der Waals surface area contributed by atoms with E-state index in [1.807, 2.05) is 30.9 Å². The second kappa shape index (κ2) is 6.81. The van der Waals surface area contributed by atoms with Gasteiger partial charge >= 0.3 is 0 Å². The van der Waals surface area contributed by atoms with E-state index in [0.29, 0.717) is 44.0 Å². The van der Waals surface area contributed by atoms with Gasteiger partial charge in [-0.25, -0.2) is 0 Å². The molecule has 28 heavy (non-hydrogen) atoms. The van der Waals surface area contributed by atoms with Crippen LogP contribution in [0.4, 0.5) is 5.69 Å². The zero-order chi connectivity index (χ0) is 20.1. The maximum atomic E-state index is 13.4. The molecule has 7 nitrogen and oxygen atoms in total. The summed E-state index contributed by atoms with van der Waals surface area (Å²) in [5.74, 6) is 1.10. The highest BCUT2D eigenvalue weighted by Gasteiger charge is 2.38. The number of likely N-dealkylation sites (tertiary alicyclic amines) is 1. The standard InChI is InChI=1S/C21H27N3O4/c1-13-10-21(2,3)24(16-9-18-17(8-15(13)16)27-12-28-18)19(25)11-23-6-4-14(5-7-23)20(22)26/h8-10,14H,4-7,11-12H2,1-3H3,(H2,22,26). The van der Waals surface area contributed by atoms with Crippen molar-refractivity contribution in [1.29, 1.82) is 0 Å². The maximum Gasteiger partial charge on any atom is 0.241 e. The third-order valence-corrected chi connectivity index (χ3v) is 5.90. The molecule has 0 atom stereocenters. The second-order valence-corrected chi connectivity index (χ2v) is 8.39. The van der Waals surface area contributed by atoms with Crippen LogP contribution in [0.5, 0.6) is 11.5 Å². The van der Waals surface area contributed by atoms with Crippen molar-refractivity contribution in [2.75, 3.05) is 31.3 Å². The molecule has 0 radical (unpaired) electrons. The van der Waals surface area contributed by atoms with Crippen LogP contribution in [0.3, 0.4) is 0 Å². The van der Waals surface area contributed by atoms with E-state index in [9.17, 15) is 9.59 Å². The van der Waals surface area contributed by atoms with Crippen molar-refractivity contribution < 1.29 is 19.1 Å². The summed E-state index contributed by atoms with van der Waals surface area (Å²) >= 11 is 0. The van der Waals surface area contributed by atoms with E-state index in [0.717, 1.165) is 16.8 Å². The molecule has 1 fully saturated rings. The number of anilines is 1. The third-order valence-electron chi connectivity index (χ3n) is 5.90. The van der Waals surface area contributed by atoms with Gasteiger partial charge in [-0.15, -0.1) is 0 Å². The van der Waals surface area contributed by atoms with E-state index in [1.54, 1.807) is 0 Å². The summed E-state index contributed by atoms with van der Waals surface area (Å²) in [6.07, 6.45) is 3.54. The van der Waals surface area contributed by atoms with Gasteiger partial charge in [0, 0.05) is 17.5 Å². The Morgan fingerprint density at radius 1 is 1.18 bits per heavy atom. The van der Waals surface area contributed by atoms with Gasteiger partial charge in [-0.3, -0.25) is 14.5 Å². The van der Waals surface area contributed by atoms with Gasteiger partial charge in [0.15, 0.2) is 11.5 Å². The Labute approximate surface area is 165 Å². The van der Waals surface area contributed by atoms with Crippen LogP contribution in [0.1, 0.15) is 39.2 Å². The minimum atomic E-state index is -0.451. The van der Waals surface area contributed by atoms with Crippen LogP contribution in [0, 0.1) is 5.92 Å². The number of carbonyl (C=O) groups is 2. The lowest BCUT2D eigenvalue weighted by Crippen LogP contribution is -2.53. The quantitative estimate of drug-likeness (QED) is 0.862. The Kier molecular flexibility index (Phi) is 4.57. The fraction of sp³-hybridized carbons (Fsp3) is 0.524. The Morgan fingerprint density at radius 2 is 1.82 bits per heavy atom. The Balaban J connectivity index is 1.58. The molecule has 0 unspecified atom stereocenters. The van der Waals surface area contributed by atoms with Crippen LogP contribution in [0.15, 0.2) is 18.2 Å². The van der Waals surface area contributed by atoms with E-state index in [2.05, 4.69) is 17.9 Å². The minimum Gasteiger partial charge on any atom is -0.454 e. The number of rotatable bonds is 3. The van der Waals surface area contributed by atoms with E-state index in [-0.39, 0.29) is 24.5 Å². The summed E-state index contributed by atoms with van der Waals surface area (Å²) in [7, 11) is 0. The van der Waals surface area contributed by atoms with Crippen LogP contribution < -0.4 is 20.1 Å². The van der Waals surface area contributed by atoms with Crippen LogP contribution in [-0.2, 0) is 9.59 Å². The fourth-order valence-corrected chi connectivity index (χ4v) is 4.51. The van der Waals surface area contributed by atoms with Crippen molar-refractivity contribution in [1.82, 2.24) is 4.90 Å². The number of nitrogens with two attached hydrogens (primary N) is 1. The summed E-state index contributed by atoms with van der Waals surface area (Å²) in [6, 6.07) is 3.87.